The molecule has 1 aliphatic heterocycles. The Morgan fingerprint density at radius 2 is 1.96 bits per heavy atom. The molecule has 0 aliphatic carbocycles. The van der Waals surface area contributed by atoms with Crippen LogP contribution in [-0.2, 0) is 20.0 Å². The summed E-state index contributed by atoms with van der Waals surface area (Å²) in [6, 6.07) is 12.5. The summed E-state index contributed by atoms with van der Waals surface area (Å²) >= 11 is 0. The number of nitrogens with zero attached hydrogens (tertiary/aromatic N) is 3. The van der Waals surface area contributed by atoms with Gasteiger partial charge in [-0.1, -0.05) is 24.3 Å². The molecule has 0 amide bonds. The fourth-order valence-corrected chi connectivity index (χ4v) is 3.57. The van der Waals surface area contributed by atoms with E-state index in [1.165, 1.54) is 16.7 Å². The lowest BCUT2D eigenvalue weighted by Gasteiger charge is -2.27. The van der Waals surface area contributed by atoms with Gasteiger partial charge in [0, 0.05) is 20.1 Å². The minimum Gasteiger partial charge on any atom is -0.302 e. The van der Waals surface area contributed by atoms with Crippen molar-refractivity contribution in [1.82, 2.24) is 14.5 Å². The predicted molar refractivity (Wildman–Crippen MR) is 97.2 cm³/mol. The maximum absolute atomic E-state index is 12.4. The smallest absolute Gasteiger partial charge is 0.261 e. The van der Waals surface area contributed by atoms with E-state index < -0.39 is 0 Å². The van der Waals surface area contributed by atoms with E-state index in [9.17, 15) is 4.79 Å². The van der Waals surface area contributed by atoms with Crippen LogP contribution in [0.25, 0.3) is 22.0 Å². The fraction of sp³-hybridized carbons (Fsp3) is 0.300. The molecule has 24 heavy (non-hydrogen) atoms. The lowest BCUT2D eigenvalue weighted by atomic mass is 9.90. The van der Waals surface area contributed by atoms with E-state index in [1.54, 1.807) is 11.6 Å². The van der Waals surface area contributed by atoms with Gasteiger partial charge in [0.1, 0.15) is 5.82 Å². The number of aromatic nitrogens is 2. The second-order valence-corrected chi connectivity index (χ2v) is 6.69. The number of rotatable bonds is 1. The summed E-state index contributed by atoms with van der Waals surface area (Å²) in [5, 5.41) is 0.677. The van der Waals surface area contributed by atoms with Crippen LogP contribution in [0.2, 0.25) is 0 Å². The van der Waals surface area contributed by atoms with Crippen molar-refractivity contribution < 1.29 is 0 Å². The summed E-state index contributed by atoms with van der Waals surface area (Å²) in [4.78, 5) is 19.3. The first-order valence-electron chi connectivity index (χ1n) is 8.31. The van der Waals surface area contributed by atoms with E-state index in [2.05, 4.69) is 47.3 Å². The molecule has 0 saturated carbocycles. The van der Waals surface area contributed by atoms with Crippen LogP contribution in [0.3, 0.4) is 0 Å². The zero-order chi connectivity index (χ0) is 16.8. The van der Waals surface area contributed by atoms with Gasteiger partial charge in [-0.3, -0.25) is 9.36 Å². The Kier molecular flexibility index (Phi) is 3.50. The summed E-state index contributed by atoms with van der Waals surface area (Å²) in [5.74, 6) is 0.737. The predicted octanol–water partition coefficient (Wildman–Crippen LogP) is 2.90. The summed E-state index contributed by atoms with van der Waals surface area (Å²) in [5.41, 5.74) is 6.02. The van der Waals surface area contributed by atoms with Crippen LogP contribution in [0.4, 0.5) is 0 Å². The van der Waals surface area contributed by atoms with Gasteiger partial charge in [0.15, 0.2) is 0 Å². The third-order valence-corrected chi connectivity index (χ3v) is 5.07. The third-order valence-electron chi connectivity index (χ3n) is 5.07. The van der Waals surface area contributed by atoms with Crippen LogP contribution in [0.5, 0.6) is 0 Å². The van der Waals surface area contributed by atoms with Gasteiger partial charge in [0.05, 0.1) is 10.9 Å². The van der Waals surface area contributed by atoms with Crippen molar-refractivity contribution in [2.75, 3.05) is 13.6 Å². The lowest BCUT2D eigenvalue weighted by molar-refractivity contribution is 0.313. The highest BCUT2D eigenvalue weighted by atomic mass is 16.1. The molecule has 0 spiro atoms. The molecule has 0 radical (unpaired) electrons. The van der Waals surface area contributed by atoms with Crippen molar-refractivity contribution in [2.24, 2.45) is 7.05 Å². The maximum atomic E-state index is 12.4. The van der Waals surface area contributed by atoms with Crippen molar-refractivity contribution >= 4 is 10.9 Å². The Morgan fingerprint density at radius 1 is 1.12 bits per heavy atom. The number of benzene rings is 2. The molecule has 0 unspecified atom stereocenters. The molecule has 4 heteroatoms. The second-order valence-electron chi connectivity index (χ2n) is 6.69. The first kappa shape index (κ1) is 15.1. The topological polar surface area (TPSA) is 38.1 Å². The summed E-state index contributed by atoms with van der Waals surface area (Å²) in [6.45, 7) is 3.94. The molecule has 2 heterocycles. The Hall–Kier alpha value is -2.46. The maximum Gasteiger partial charge on any atom is 0.261 e. The first-order valence-corrected chi connectivity index (χ1v) is 8.31. The molecule has 0 fully saturated rings. The Bertz CT molecular complexity index is 1000. The highest BCUT2D eigenvalue weighted by Gasteiger charge is 2.17. The van der Waals surface area contributed by atoms with Crippen LogP contribution in [0.15, 0.2) is 41.2 Å². The van der Waals surface area contributed by atoms with E-state index in [0.717, 1.165) is 36.4 Å². The van der Waals surface area contributed by atoms with Crippen molar-refractivity contribution in [3.8, 4) is 11.1 Å². The summed E-state index contributed by atoms with van der Waals surface area (Å²) in [6.07, 6.45) is 1.06. The fourth-order valence-electron chi connectivity index (χ4n) is 3.57. The van der Waals surface area contributed by atoms with Crippen LogP contribution in [0.1, 0.15) is 17.0 Å². The molecule has 4 nitrogen and oxygen atoms in total. The van der Waals surface area contributed by atoms with Gasteiger partial charge in [0.25, 0.3) is 5.56 Å². The van der Waals surface area contributed by atoms with Gasteiger partial charge in [0.2, 0.25) is 0 Å². The van der Waals surface area contributed by atoms with Gasteiger partial charge in [-0.15, -0.1) is 0 Å². The molecule has 1 aromatic heterocycles. The highest BCUT2D eigenvalue weighted by molar-refractivity contribution is 5.84. The van der Waals surface area contributed by atoms with Crippen LogP contribution in [-0.4, -0.2) is 28.0 Å². The largest absolute Gasteiger partial charge is 0.302 e. The van der Waals surface area contributed by atoms with Crippen molar-refractivity contribution in [2.45, 2.75) is 19.9 Å². The molecule has 122 valence electrons. The molecule has 3 aromatic rings. The van der Waals surface area contributed by atoms with Crippen LogP contribution in [0, 0.1) is 6.92 Å². The average molecular weight is 319 g/mol. The average Bonchev–Trinajstić information content (AvgIpc) is 2.58. The molecule has 2 aromatic carbocycles. The van der Waals surface area contributed by atoms with Gasteiger partial charge < -0.3 is 4.90 Å². The molecule has 0 bridgehead atoms. The molecular formula is C20H21N3O. The van der Waals surface area contributed by atoms with E-state index in [4.69, 9.17) is 0 Å². The SMILES string of the molecule is Cc1nc2cc(-c3cccc4c3CCN(C)C4)ccc2c(=O)n1C. The Balaban J connectivity index is 1.91. The lowest BCUT2D eigenvalue weighted by Crippen LogP contribution is -2.26. The second kappa shape index (κ2) is 5.56. The molecule has 1 aliphatic rings. The molecule has 4 rings (SSSR count). The summed E-state index contributed by atoms with van der Waals surface area (Å²) < 4.78 is 1.60. The number of aryl methyl sites for hydroxylation is 1. The molecular weight excluding hydrogens is 298 g/mol. The highest BCUT2D eigenvalue weighted by Crippen LogP contribution is 2.31. The van der Waals surface area contributed by atoms with Gasteiger partial charge in [-0.05, 0) is 54.8 Å². The van der Waals surface area contributed by atoms with Crippen molar-refractivity contribution in [3.05, 3.63) is 63.7 Å². The first-order chi connectivity index (χ1) is 11.5. The van der Waals surface area contributed by atoms with Crippen molar-refractivity contribution in [3.63, 3.8) is 0 Å². The minimum atomic E-state index is 0.0146. The van der Waals surface area contributed by atoms with Crippen LogP contribution >= 0.6 is 0 Å². The van der Waals surface area contributed by atoms with Gasteiger partial charge >= 0.3 is 0 Å². The standard InChI is InChI=1S/C20H21N3O/c1-13-21-19-11-14(7-8-18(19)20(24)23(13)3)16-6-4-5-15-12-22(2)10-9-17(15)16/h4-8,11H,9-10,12H2,1-3H3. The zero-order valence-electron chi connectivity index (χ0n) is 14.3. The summed E-state index contributed by atoms with van der Waals surface area (Å²) in [7, 11) is 3.93. The van der Waals surface area contributed by atoms with E-state index >= 15 is 0 Å². The Labute approximate surface area is 141 Å². The zero-order valence-corrected chi connectivity index (χ0v) is 14.3. The molecule has 0 atom stereocenters. The monoisotopic (exact) mass is 319 g/mol. The molecule has 0 saturated heterocycles. The number of hydrogen-bond donors (Lipinski definition) is 0. The number of likely N-dealkylation sites (N-methyl/N-ethyl adjacent to an activating group) is 1. The third kappa shape index (κ3) is 2.34. The van der Waals surface area contributed by atoms with Crippen molar-refractivity contribution in [1.29, 1.82) is 0 Å². The van der Waals surface area contributed by atoms with Gasteiger partial charge in [-0.25, -0.2) is 4.98 Å². The quantitative estimate of drug-likeness (QED) is 0.692. The number of fused-ring (bicyclic) bond motifs is 2. The van der Waals surface area contributed by atoms with Gasteiger partial charge in [-0.2, -0.15) is 0 Å². The van der Waals surface area contributed by atoms with E-state index in [-0.39, 0.29) is 5.56 Å². The minimum absolute atomic E-state index is 0.0146. The Morgan fingerprint density at radius 3 is 2.79 bits per heavy atom. The van der Waals surface area contributed by atoms with Crippen LogP contribution < -0.4 is 5.56 Å². The number of hydrogen-bond acceptors (Lipinski definition) is 3. The normalized spacial score (nSPS) is 14.8. The van der Waals surface area contributed by atoms with E-state index in [1.807, 2.05) is 13.0 Å². The molecule has 0 N–H and O–H groups in total. The van der Waals surface area contributed by atoms with E-state index in [0.29, 0.717) is 5.39 Å².